The van der Waals surface area contributed by atoms with Gasteiger partial charge in [0.1, 0.15) is 5.75 Å². The number of nitrogens with one attached hydrogen (secondary N) is 1. The van der Waals surface area contributed by atoms with Gasteiger partial charge in [0, 0.05) is 9.64 Å². The van der Waals surface area contributed by atoms with Crippen molar-refractivity contribution in [1.82, 2.24) is 0 Å². The lowest BCUT2D eigenvalue weighted by atomic mass is 10.2. The molecule has 7 heteroatoms. The van der Waals surface area contributed by atoms with Crippen molar-refractivity contribution in [2.75, 3.05) is 11.8 Å². The van der Waals surface area contributed by atoms with E-state index in [1.165, 1.54) is 7.11 Å². The van der Waals surface area contributed by atoms with E-state index in [4.69, 9.17) is 4.74 Å². The van der Waals surface area contributed by atoms with Crippen LogP contribution in [0.4, 0.5) is 5.69 Å². The van der Waals surface area contributed by atoms with Crippen molar-refractivity contribution in [3.05, 3.63) is 50.0 Å². The zero-order valence-electron chi connectivity index (χ0n) is 11.4. The van der Waals surface area contributed by atoms with E-state index in [1.54, 1.807) is 36.4 Å². The van der Waals surface area contributed by atoms with Crippen LogP contribution in [0.2, 0.25) is 0 Å². The van der Waals surface area contributed by atoms with Crippen LogP contribution in [0.5, 0.6) is 5.75 Å². The SMILES string of the molecule is COc1cc(NS(=O)(=O)c2ccc(C)cc2)c(I)cc1Br. The summed E-state index contributed by atoms with van der Waals surface area (Å²) in [6, 6.07) is 10.1. The van der Waals surface area contributed by atoms with Crippen molar-refractivity contribution >= 4 is 54.2 Å². The van der Waals surface area contributed by atoms with Crippen LogP contribution in [0.1, 0.15) is 5.56 Å². The van der Waals surface area contributed by atoms with E-state index in [0.717, 1.165) is 13.6 Å². The van der Waals surface area contributed by atoms with Gasteiger partial charge in [0.25, 0.3) is 10.0 Å². The molecule has 0 aliphatic rings. The molecule has 1 N–H and O–H groups in total. The first-order valence-corrected chi connectivity index (χ1v) is 9.31. The van der Waals surface area contributed by atoms with Crippen LogP contribution in [-0.2, 0) is 10.0 Å². The monoisotopic (exact) mass is 481 g/mol. The molecule has 0 bridgehead atoms. The highest BCUT2D eigenvalue weighted by atomic mass is 127. The second-order valence-corrected chi connectivity index (χ2v) is 8.08. The summed E-state index contributed by atoms with van der Waals surface area (Å²) in [5, 5.41) is 0. The fraction of sp³-hybridized carbons (Fsp3) is 0.143. The molecular formula is C14H13BrINO3S. The predicted molar refractivity (Wildman–Crippen MR) is 95.4 cm³/mol. The number of sulfonamides is 1. The highest BCUT2D eigenvalue weighted by Gasteiger charge is 2.17. The first-order chi connectivity index (χ1) is 9.83. The van der Waals surface area contributed by atoms with Gasteiger partial charge in [-0.05, 0) is 63.6 Å². The molecule has 2 rings (SSSR count). The maximum atomic E-state index is 12.4. The summed E-state index contributed by atoms with van der Waals surface area (Å²) < 4.78 is 34.1. The Kier molecular flexibility index (Phi) is 5.15. The molecule has 2 aromatic carbocycles. The Labute approximate surface area is 146 Å². The largest absolute Gasteiger partial charge is 0.495 e. The molecule has 0 radical (unpaired) electrons. The van der Waals surface area contributed by atoms with E-state index in [0.29, 0.717) is 11.4 Å². The Morgan fingerprint density at radius 2 is 1.81 bits per heavy atom. The van der Waals surface area contributed by atoms with Gasteiger partial charge in [0.15, 0.2) is 0 Å². The first kappa shape index (κ1) is 16.6. The van der Waals surface area contributed by atoms with Crippen molar-refractivity contribution in [2.24, 2.45) is 0 Å². The number of hydrogen-bond acceptors (Lipinski definition) is 3. The summed E-state index contributed by atoms with van der Waals surface area (Å²) in [4.78, 5) is 0.228. The molecule has 21 heavy (non-hydrogen) atoms. The fourth-order valence-corrected chi connectivity index (χ4v) is 4.47. The van der Waals surface area contributed by atoms with Crippen LogP contribution >= 0.6 is 38.5 Å². The van der Waals surface area contributed by atoms with E-state index < -0.39 is 10.0 Å². The molecule has 0 fully saturated rings. The van der Waals surface area contributed by atoms with Crippen molar-refractivity contribution in [1.29, 1.82) is 0 Å². The first-order valence-electron chi connectivity index (χ1n) is 5.96. The molecule has 112 valence electrons. The van der Waals surface area contributed by atoms with E-state index in [-0.39, 0.29) is 4.90 Å². The summed E-state index contributed by atoms with van der Waals surface area (Å²) >= 11 is 5.44. The average Bonchev–Trinajstić information content (AvgIpc) is 2.42. The summed E-state index contributed by atoms with van der Waals surface area (Å²) in [5.41, 5.74) is 1.49. The third kappa shape index (κ3) is 3.89. The van der Waals surface area contributed by atoms with Crippen LogP contribution in [0.15, 0.2) is 45.8 Å². The maximum Gasteiger partial charge on any atom is 0.261 e. The Bertz CT molecular complexity index is 761. The molecule has 0 aliphatic carbocycles. The molecule has 2 aromatic rings. The van der Waals surface area contributed by atoms with Gasteiger partial charge in [-0.3, -0.25) is 4.72 Å². The molecule has 0 aromatic heterocycles. The maximum absolute atomic E-state index is 12.4. The van der Waals surface area contributed by atoms with E-state index >= 15 is 0 Å². The summed E-state index contributed by atoms with van der Waals surface area (Å²) in [7, 11) is -2.08. The number of anilines is 1. The molecule has 0 saturated heterocycles. The van der Waals surface area contributed by atoms with Crippen LogP contribution in [-0.4, -0.2) is 15.5 Å². The lowest BCUT2D eigenvalue weighted by Crippen LogP contribution is -2.14. The van der Waals surface area contributed by atoms with Crippen LogP contribution in [0.25, 0.3) is 0 Å². The molecule has 0 spiro atoms. The third-order valence-corrected chi connectivity index (χ3v) is 5.71. The van der Waals surface area contributed by atoms with Gasteiger partial charge in [-0.2, -0.15) is 0 Å². The van der Waals surface area contributed by atoms with Crippen molar-refractivity contribution in [2.45, 2.75) is 11.8 Å². The Hall–Kier alpha value is -0.800. The number of aryl methyl sites for hydroxylation is 1. The lowest BCUT2D eigenvalue weighted by Gasteiger charge is -2.12. The van der Waals surface area contributed by atoms with Gasteiger partial charge in [-0.1, -0.05) is 17.7 Å². The van der Waals surface area contributed by atoms with Crippen molar-refractivity contribution in [3.63, 3.8) is 0 Å². The lowest BCUT2D eigenvalue weighted by molar-refractivity contribution is 0.412. The van der Waals surface area contributed by atoms with E-state index in [9.17, 15) is 8.42 Å². The highest BCUT2D eigenvalue weighted by molar-refractivity contribution is 14.1. The van der Waals surface area contributed by atoms with Crippen LogP contribution < -0.4 is 9.46 Å². The van der Waals surface area contributed by atoms with Gasteiger partial charge in [0.05, 0.1) is 22.2 Å². The number of hydrogen-bond donors (Lipinski definition) is 1. The van der Waals surface area contributed by atoms with E-state index in [1.807, 2.05) is 6.92 Å². The topological polar surface area (TPSA) is 55.4 Å². The third-order valence-electron chi connectivity index (χ3n) is 2.82. The van der Waals surface area contributed by atoms with Gasteiger partial charge < -0.3 is 4.74 Å². The Morgan fingerprint density at radius 1 is 1.19 bits per heavy atom. The standard InChI is InChI=1S/C14H13BrINO3S/c1-9-3-5-10(6-4-9)21(18,19)17-13-8-14(20-2)11(15)7-12(13)16/h3-8,17H,1-2H3. The molecule has 0 aliphatic heterocycles. The summed E-state index contributed by atoms with van der Waals surface area (Å²) in [6.07, 6.45) is 0. The second kappa shape index (κ2) is 6.53. The molecule has 4 nitrogen and oxygen atoms in total. The van der Waals surface area contributed by atoms with Gasteiger partial charge in [0.2, 0.25) is 0 Å². The molecule has 0 heterocycles. The number of halogens is 2. The minimum absolute atomic E-state index is 0.228. The predicted octanol–water partition coefficient (Wildman–Crippen LogP) is 4.17. The zero-order chi connectivity index (χ0) is 15.6. The minimum atomic E-state index is -3.62. The van der Waals surface area contributed by atoms with Crippen LogP contribution in [0, 0.1) is 10.5 Å². The van der Waals surface area contributed by atoms with Gasteiger partial charge >= 0.3 is 0 Å². The zero-order valence-corrected chi connectivity index (χ0v) is 15.9. The summed E-state index contributed by atoms with van der Waals surface area (Å²) in [5.74, 6) is 0.567. The second-order valence-electron chi connectivity index (χ2n) is 4.39. The quantitative estimate of drug-likeness (QED) is 0.666. The Morgan fingerprint density at radius 3 is 2.38 bits per heavy atom. The smallest absolute Gasteiger partial charge is 0.261 e. The molecule has 0 unspecified atom stereocenters. The normalized spacial score (nSPS) is 11.2. The summed E-state index contributed by atoms with van der Waals surface area (Å²) in [6.45, 7) is 1.91. The van der Waals surface area contributed by atoms with Crippen molar-refractivity contribution < 1.29 is 13.2 Å². The average molecular weight is 482 g/mol. The number of rotatable bonds is 4. The minimum Gasteiger partial charge on any atom is -0.495 e. The fourth-order valence-electron chi connectivity index (χ4n) is 1.68. The van der Waals surface area contributed by atoms with Gasteiger partial charge in [-0.25, -0.2) is 8.42 Å². The molecule has 0 atom stereocenters. The van der Waals surface area contributed by atoms with Gasteiger partial charge in [-0.15, -0.1) is 0 Å². The van der Waals surface area contributed by atoms with Crippen LogP contribution in [0.3, 0.4) is 0 Å². The van der Waals surface area contributed by atoms with E-state index in [2.05, 4.69) is 43.2 Å². The number of benzene rings is 2. The molecular weight excluding hydrogens is 469 g/mol. The molecule has 0 saturated carbocycles. The highest BCUT2D eigenvalue weighted by Crippen LogP contribution is 2.33. The van der Waals surface area contributed by atoms with Crippen molar-refractivity contribution in [3.8, 4) is 5.75 Å². The number of ether oxygens (including phenoxy) is 1. The molecule has 0 amide bonds. The Balaban J connectivity index is 2.39. The number of methoxy groups -OCH3 is 1.